The highest BCUT2D eigenvalue weighted by Crippen LogP contribution is 2.40. The van der Waals surface area contributed by atoms with Crippen LogP contribution in [0.5, 0.6) is 5.75 Å². The number of hydrogen-bond donors (Lipinski definition) is 1. The first-order valence-electron chi connectivity index (χ1n) is 9.90. The topological polar surface area (TPSA) is 80.0 Å². The fourth-order valence-electron chi connectivity index (χ4n) is 3.66. The van der Waals surface area contributed by atoms with Crippen LogP contribution < -0.4 is 4.74 Å². The van der Waals surface area contributed by atoms with Crippen LogP contribution in [0.4, 0.5) is 4.39 Å². The van der Waals surface area contributed by atoms with Crippen molar-refractivity contribution in [2.45, 2.75) is 12.6 Å². The van der Waals surface area contributed by atoms with Gasteiger partial charge in [0, 0.05) is 5.56 Å². The Morgan fingerprint density at radius 2 is 1.94 bits per heavy atom. The van der Waals surface area contributed by atoms with E-state index in [1.807, 2.05) is 0 Å². The van der Waals surface area contributed by atoms with Crippen molar-refractivity contribution in [1.82, 2.24) is 4.90 Å². The Hall–Kier alpha value is -4.13. The van der Waals surface area contributed by atoms with E-state index in [0.29, 0.717) is 29.2 Å². The number of hydrogen-bond acceptors (Lipinski definition) is 5. The normalized spacial score (nSPS) is 17.5. The van der Waals surface area contributed by atoms with Gasteiger partial charge < -0.3 is 19.2 Å². The summed E-state index contributed by atoms with van der Waals surface area (Å²) < 4.78 is 24.8. The number of benzene rings is 2. The first kappa shape index (κ1) is 21.1. The molecule has 6 nitrogen and oxygen atoms in total. The lowest BCUT2D eigenvalue weighted by atomic mass is 9.95. The first-order chi connectivity index (χ1) is 15.5. The molecule has 0 spiro atoms. The number of halogens is 1. The van der Waals surface area contributed by atoms with Gasteiger partial charge in [-0.3, -0.25) is 9.59 Å². The van der Waals surface area contributed by atoms with E-state index in [-0.39, 0.29) is 17.9 Å². The number of ether oxygens (including phenoxy) is 1. The van der Waals surface area contributed by atoms with Gasteiger partial charge in [0.1, 0.15) is 29.7 Å². The average Bonchev–Trinajstić information content (AvgIpc) is 3.40. The Labute approximate surface area is 183 Å². The van der Waals surface area contributed by atoms with Crippen molar-refractivity contribution >= 4 is 17.4 Å². The Morgan fingerprint density at radius 3 is 2.59 bits per heavy atom. The maximum Gasteiger partial charge on any atom is 0.296 e. The van der Waals surface area contributed by atoms with Gasteiger partial charge in [-0.1, -0.05) is 24.8 Å². The van der Waals surface area contributed by atoms with Crippen LogP contribution in [-0.4, -0.2) is 28.3 Å². The fraction of sp³-hybridized carbons (Fsp3) is 0.120. The molecule has 0 radical (unpaired) electrons. The minimum Gasteiger partial charge on any atom is -0.507 e. The van der Waals surface area contributed by atoms with Crippen LogP contribution >= 0.6 is 0 Å². The molecule has 3 aromatic rings. The molecule has 2 aromatic carbocycles. The number of aliphatic hydroxyl groups is 1. The van der Waals surface area contributed by atoms with E-state index < -0.39 is 23.5 Å². The Morgan fingerprint density at radius 1 is 1.16 bits per heavy atom. The molecule has 1 fully saturated rings. The number of carbonyl (C=O) groups is 2. The summed E-state index contributed by atoms with van der Waals surface area (Å²) in [6.07, 6.45) is 3.06. The van der Waals surface area contributed by atoms with Gasteiger partial charge in [-0.2, -0.15) is 0 Å². The summed E-state index contributed by atoms with van der Waals surface area (Å²) in [4.78, 5) is 27.1. The highest BCUT2D eigenvalue weighted by Gasteiger charge is 2.46. The van der Waals surface area contributed by atoms with Gasteiger partial charge in [0.2, 0.25) is 0 Å². The molecule has 1 atom stereocenters. The Kier molecular flexibility index (Phi) is 5.89. The molecule has 2 heterocycles. The third kappa shape index (κ3) is 4.05. The van der Waals surface area contributed by atoms with Crippen molar-refractivity contribution in [2.75, 3.05) is 6.61 Å². The lowest BCUT2D eigenvalue weighted by Gasteiger charge is -2.24. The van der Waals surface area contributed by atoms with E-state index in [2.05, 4.69) is 6.58 Å². The molecule has 4 rings (SSSR count). The molecule has 1 N–H and O–H groups in total. The molecule has 162 valence electrons. The van der Waals surface area contributed by atoms with Gasteiger partial charge in [-0.15, -0.1) is 0 Å². The zero-order valence-electron chi connectivity index (χ0n) is 17.0. The molecule has 1 saturated heterocycles. The summed E-state index contributed by atoms with van der Waals surface area (Å²) in [6, 6.07) is 14.4. The quantitative estimate of drug-likeness (QED) is 0.255. The monoisotopic (exact) mass is 433 g/mol. The number of rotatable bonds is 7. The predicted molar refractivity (Wildman–Crippen MR) is 115 cm³/mol. The Balaban J connectivity index is 1.79. The number of furan rings is 1. The number of nitrogens with zero attached hydrogens (tertiary/aromatic N) is 1. The van der Waals surface area contributed by atoms with Crippen LogP contribution in [-0.2, 0) is 16.1 Å². The van der Waals surface area contributed by atoms with Crippen molar-refractivity contribution in [3.05, 3.63) is 108 Å². The van der Waals surface area contributed by atoms with Crippen LogP contribution in [0.15, 0.2) is 89.6 Å². The second kappa shape index (κ2) is 8.93. The zero-order valence-corrected chi connectivity index (χ0v) is 17.0. The van der Waals surface area contributed by atoms with Crippen LogP contribution in [0.2, 0.25) is 0 Å². The molecule has 0 saturated carbocycles. The third-order valence-corrected chi connectivity index (χ3v) is 5.11. The average molecular weight is 433 g/mol. The van der Waals surface area contributed by atoms with E-state index in [1.54, 1.807) is 48.5 Å². The van der Waals surface area contributed by atoms with Gasteiger partial charge in [-0.05, 0) is 54.1 Å². The van der Waals surface area contributed by atoms with Gasteiger partial charge in [0.05, 0.1) is 24.4 Å². The largest absolute Gasteiger partial charge is 0.507 e. The van der Waals surface area contributed by atoms with Crippen LogP contribution in [0.1, 0.15) is 22.9 Å². The summed E-state index contributed by atoms with van der Waals surface area (Å²) in [5, 5.41) is 11.0. The van der Waals surface area contributed by atoms with E-state index in [4.69, 9.17) is 9.15 Å². The highest BCUT2D eigenvalue weighted by molar-refractivity contribution is 6.46. The minimum absolute atomic E-state index is 0.0101. The zero-order chi connectivity index (χ0) is 22.7. The van der Waals surface area contributed by atoms with Crippen molar-refractivity contribution in [1.29, 1.82) is 0 Å². The van der Waals surface area contributed by atoms with Gasteiger partial charge in [0.15, 0.2) is 0 Å². The van der Waals surface area contributed by atoms with Crippen LogP contribution in [0.25, 0.3) is 5.76 Å². The lowest BCUT2D eigenvalue weighted by molar-refractivity contribution is -0.140. The molecule has 0 bridgehead atoms. The van der Waals surface area contributed by atoms with Crippen molar-refractivity contribution in [2.24, 2.45) is 0 Å². The lowest BCUT2D eigenvalue weighted by Crippen LogP contribution is -2.29. The van der Waals surface area contributed by atoms with E-state index >= 15 is 0 Å². The Bertz CT molecular complexity index is 1180. The summed E-state index contributed by atoms with van der Waals surface area (Å²) in [6.45, 7) is 3.90. The number of ketones is 1. The number of likely N-dealkylation sites (tertiary alicyclic amines) is 1. The summed E-state index contributed by atoms with van der Waals surface area (Å²) in [5.74, 6) is -1.51. The third-order valence-electron chi connectivity index (χ3n) is 5.11. The van der Waals surface area contributed by atoms with E-state index in [9.17, 15) is 19.1 Å². The van der Waals surface area contributed by atoms with E-state index in [1.165, 1.54) is 29.4 Å². The maximum absolute atomic E-state index is 14.0. The number of amides is 1. The summed E-state index contributed by atoms with van der Waals surface area (Å²) >= 11 is 0. The molecule has 1 aliphatic heterocycles. The fourth-order valence-corrected chi connectivity index (χ4v) is 3.66. The molecular formula is C25H20FNO5. The predicted octanol–water partition coefficient (Wildman–Crippen LogP) is 4.61. The molecule has 1 aliphatic rings. The summed E-state index contributed by atoms with van der Waals surface area (Å²) in [5.41, 5.74) is 0.573. The van der Waals surface area contributed by atoms with Gasteiger partial charge in [-0.25, -0.2) is 4.39 Å². The molecule has 0 unspecified atom stereocenters. The molecule has 32 heavy (non-hydrogen) atoms. The highest BCUT2D eigenvalue weighted by atomic mass is 19.1. The number of carbonyl (C=O) groups excluding carboxylic acids is 2. The standard InChI is InChI=1S/C25H20FNO5/c1-2-12-31-19-10-8-16(9-11-19)23(28)21-22(17-5-3-6-18(26)14-17)27(25(30)24(21)29)15-20-7-4-13-32-20/h2-11,13-14,22,28H,1,12,15H2/t22-/m1/s1. The maximum atomic E-state index is 14.0. The number of Topliss-reactive ketones (excluding diaryl/α,β-unsaturated/α-hetero) is 1. The second-order valence-corrected chi connectivity index (χ2v) is 7.19. The van der Waals surface area contributed by atoms with Crippen LogP contribution in [0.3, 0.4) is 0 Å². The molecule has 1 amide bonds. The van der Waals surface area contributed by atoms with Crippen molar-refractivity contribution in [3.8, 4) is 5.75 Å². The molecule has 0 aliphatic carbocycles. The van der Waals surface area contributed by atoms with Gasteiger partial charge in [0.25, 0.3) is 11.7 Å². The molecule has 7 heteroatoms. The van der Waals surface area contributed by atoms with Crippen LogP contribution in [0, 0.1) is 5.82 Å². The first-order valence-corrected chi connectivity index (χ1v) is 9.90. The van der Waals surface area contributed by atoms with Crippen molar-refractivity contribution in [3.63, 3.8) is 0 Å². The smallest absolute Gasteiger partial charge is 0.296 e. The molecular weight excluding hydrogens is 413 g/mol. The van der Waals surface area contributed by atoms with Gasteiger partial charge >= 0.3 is 0 Å². The molecule has 1 aromatic heterocycles. The second-order valence-electron chi connectivity index (χ2n) is 7.19. The minimum atomic E-state index is -0.979. The number of aliphatic hydroxyl groups excluding tert-OH is 1. The van der Waals surface area contributed by atoms with E-state index in [0.717, 1.165) is 0 Å². The van der Waals surface area contributed by atoms with Crippen molar-refractivity contribution < 1.29 is 28.2 Å². The SMILES string of the molecule is C=CCOc1ccc(C(O)=C2C(=O)C(=O)N(Cc3ccco3)[C@@H]2c2cccc(F)c2)cc1. The summed E-state index contributed by atoms with van der Waals surface area (Å²) in [7, 11) is 0.